The van der Waals surface area contributed by atoms with Crippen molar-refractivity contribution in [3.63, 3.8) is 0 Å². The number of rotatable bonds is 5. The predicted molar refractivity (Wildman–Crippen MR) is 84.2 cm³/mol. The van der Waals surface area contributed by atoms with E-state index in [2.05, 4.69) is 13.0 Å². The maximum absolute atomic E-state index is 12.7. The van der Waals surface area contributed by atoms with Crippen LogP contribution in [0.2, 0.25) is 0 Å². The van der Waals surface area contributed by atoms with Crippen LogP contribution in [0.4, 0.5) is 5.69 Å². The molecule has 0 saturated carbocycles. The lowest BCUT2D eigenvalue weighted by molar-refractivity contribution is 0.0988. The Kier molecular flexibility index (Phi) is 4.94. The molecule has 0 saturated heterocycles. The third-order valence-corrected chi connectivity index (χ3v) is 3.34. The molecule has 2 aromatic rings. The van der Waals surface area contributed by atoms with E-state index in [0.29, 0.717) is 6.54 Å². The number of anilines is 1. The number of amides is 1. The van der Waals surface area contributed by atoms with E-state index in [1.165, 1.54) is 5.56 Å². The molecule has 0 radical (unpaired) electrons. The molecule has 2 rings (SSSR count). The van der Waals surface area contributed by atoms with Gasteiger partial charge in [-0.3, -0.25) is 4.79 Å². The molecule has 0 aromatic heterocycles. The second-order valence-electron chi connectivity index (χ2n) is 4.84. The largest absolute Gasteiger partial charge is 0.309 e. The van der Waals surface area contributed by atoms with Crippen molar-refractivity contribution in [1.29, 1.82) is 0 Å². The Labute approximate surface area is 121 Å². The number of nitrogens with zero attached hydrogens (tertiary/aromatic N) is 1. The van der Waals surface area contributed by atoms with Crippen LogP contribution in [-0.2, 0) is 6.42 Å². The smallest absolute Gasteiger partial charge is 0.258 e. The van der Waals surface area contributed by atoms with Crippen LogP contribution in [0, 0.1) is 0 Å². The molecule has 0 aliphatic rings. The van der Waals surface area contributed by atoms with E-state index < -0.39 is 0 Å². The maximum atomic E-state index is 12.7. The van der Waals surface area contributed by atoms with Crippen LogP contribution in [0.15, 0.2) is 54.6 Å². The molecule has 0 aliphatic carbocycles. The lowest BCUT2D eigenvalue weighted by atomic mass is 10.1. The molecule has 0 N–H and O–H groups in total. The molecule has 0 aliphatic heterocycles. The van der Waals surface area contributed by atoms with Gasteiger partial charge in [-0.1, -0.05) is 43.7 Å². The standard InChI is InChI=1S/C18H21NO/c1-3-9-15-10-8-11-16(14-15)18(20)19(4-2)17-12-6-5-7-13-17/h5-8,10-14H,3-4,9H2,1-2H3. The Morgan fingerprint density at radius 2 is 1.75 bits per heavy atom. The molecule has 0 bridgehead atoms. The van der Waals surface area contributed by atoms with Gasteiger partial charge < -0.3 is 4.90 Å². The summed E-state index contributed by atoms with van der Waals surface area (Å²) in [6.45, 7) is 4.82. The van der Waals surface area contributed by atoms with Gasteiger partial charge in [-0.2, -0.15) is 0 Å². The summed E-state index contributed by atoms with van der Waals surface area (Å²) < 4.78 is 0. The van der Waals surface area contributed by atoms with Crippen molar-refractivity contribution in [2.45, 2.75) is 26.7 Å². The van der Waals surface area contributed by atoms with Crippen LogP contribution < -0.4 is 4.90 Å². The SMILES string of the molecule is CCCc1cccc(C(=O)N(CC)c2ccccc2)c1. The molecule has 2 heteroatoms. The van der Waals surface area contributed by atoms with Crippen molar-refractivity contribution in [3.8, 4) is 0 Å². The molecule has 0 fully saturated rings. The minimum Gasteiger partial charge on any atom is -0.309 e. The van der Waals surface area contributed by atoms with Crippen LogP contribution in [0.1, 0.15) is 36.2 Å². The first kappa shape index (κ1) is 14.3. The number of para-hydroxylation sites is 1. The minimum absolute atomic E-state index is 0.0663. The van der Waals surface area contributed by atoms with Crippen LogP contribution in [-0.4, -0.2) is 12.5 Å². The summed E-state index contributed by atoms with van der Waals surface area (Å²) in [5.74, 6) is 0.0663. The van der Waals surface area contributed by atoms with Crippen molar-refractivity contribution >= 4 is 11.6 Å². The molecule has 104 valence electrons. The van der Waals surface area contributed by atoms with Gasteiger partial charge in [0.25, 0.3) is 5.91 Å². The average Bonchev–Trinajstić information content (AvgIpc) is 2.50. The summed E-state index contributed by atoms with van der Waals surface area (Å²) >= 11 is 0. The Morgan fingerprint density at radius 1 is 1.00 bits per heavy atom. The Bertz CT molecular complexity index is 563. The molecule has 2 nitrogen and oxygen atoms in total. The monoisotopic (exact) mass is 267 g/mol. The second kappa shape index (κ2) is 6.90. The highest BCUT2D eigenvalue weighted by Gasteiger charge is 2.15. The number of aryl methyl sites for hydroxylation is 1. The van der Waals surface area contributed by atoms with Gasteiger partial charge >= 0.3 is 0 Å². The number of carbonyl (C=O) groups is 1. The molecule has 20 heavy (non-hydrogen) atoms. The Balaban J connectivity index is 2.27. The minimum atomic E-state index is 0.0663. The van der Waals surface area contributed by atoms with Gasteiger partial charge in [0.1, 0.15) is 0 Å². The van der Waals surface area contributed by atoms with Gasteiger partial charge in [-0.25, -0.2) is 0 Å². The molecule has 0 unspecified atom stereocenters. The number of hydrogen-bond donors (Lipinski definition) is 0. The molecule has 0 heterocycles. The number of carbonyl (C=O) groups excluding carboxylic acids is 1. The van der Waals surface area contributed by atoms with Gasteiger partial charge in [0.05, 0.1) is 0 Å². The zero-order valence-corrected chi connectivity index (χ0v) is 12.2. The summed E-state index contributed by atoms with van der Waals surface area (Å²) in [4.78, 5) is 14.5. The highest BCUT2D eigenvalue weighted by molar-refractivity contribution is 6.06. The summed E-state index contributed by atoms with van der Waals surface area (Å²) in [7, 11) is 0. The van der Waals surface area contributed by atoms with E-state index >= 15 is 0 Å². The van der Waals surface area contributed by atoms with Crippen LogP contribution in [0.25, 0.3) is 0 Å². The van der Waals surface area contributed by atoms with E-state index in [4.69, 9.17) is 0 Å². The number of benzene rings is 2. The van der Waals surface area contributed by atoms with E-state index in [9.17, 15) is 4.79 Å². The lowest BCUT2D eigenvalue weighted by Crippen LogP contribution is -2.30. The van der Waals surface area contributed by atoms with Crippen molar-refractivity contribution in [2.24, 2.45) is 0 Å². The van der Waals surface area contributed by atoms with Crippen LogP contribution in [0.3, 0.4) is 0 Å². The van der Waals surface area contributed by atoms with E-state index in [0.717, 1.165) is 24.1 Å². The van der Waals surface area contributed by atoms with Gasteiger partial charge in [-0.05, 0) is 43.2 Å². The van der Waals surface area contributed by atoms with Gasteiger partial charge in [0.15, 0.2) is 0 Å². The first-order chi connectivity index (χ1) is 9.76. The fourth-order valence-electron chi connectivity index (χ4n) is 2.36. The van der Waals surface area contributed by atoms with Gasteiger partial charge in [0, 0.05) is 17.8 Å². The maximum Gasteiger partial charge on any atom is 0.258 e. The third kappa shape index (κ3) is 3.27. The molecule has 2 aromatic carbocycles. The molecular formula is C18H21NO. The predicted octanol–water partition coefficient (Wildman–Crippen LogP) is 4.31. The number of hydrogen-bond acceptors (Lipinski definition) is 1. The first-order valence-corrected chi connectivity index (χ1v) is 7.22. The average molecular weight is 267 g/mol. The summed E-state index contributed by atoms with van der Waals surface area (Å²) in [5, 5.41) is 0. The summed E-state index contributed by atoms with van der Waals surface area (Å²) in [6, 6.07) is 17.8. The zero-order valence-electron chi connectivity index (χ0n) is 12.2. The molecular weight excluding hydrogens is 246 g/mol. The van der Waals surface area contributed by atoms with Crippen molar-refractivity contribution < 1.29 is 4.79 Å². The normalized spacial score (nSPS) is 10.3. The topological polar surface area (TPSA) is 20.3 Å². The zero-order chi connectivity index (χ0) is 14.4. The fourth-order valence-corrected chi connectivity index (χ4v) is 2.36. The Morgan fingerprint density at radius 3 is 2.40 bits per heavy atom. The highest BCUT2D eigenvalue weighted by atomic mass is 16.2. The van der Waals surface area contributed by atoms with Crippen molar-refractivity contribution in [3.05, 3.63) is 65.7 Å². The molecule has 0 atom stereocenters. The van der Waals surface area contributed by atoms with Crippen LogP contribution in [0.5, 0.6) is 0 Å². The highest BCUT2D eigenvalue weighted by Crippen LogP contribution is 2.17. The Hall–Kier alpha value is -2.09. The van der Waals surface area contributed by atoms with Crippen LogP contribution >= 0.6 is 0 Å². The second-order valence-corrected chi connectivity index (χ2v) is 4.84. The third-order valence-electron chi connectivity index (χ3n) is 3.34. The van der Waals surface area contributed by atoms with Crippen molar-refractivity contribution in [2.75, 3.05) is 11.4 Å². The molecule has 1 amide bonds. The van der Waals surface area contributed by atoms with E-state index in [1.54, 1.807) is 0 Å². The van der Waals surface area contributed by atoms with E-state index in [-0.39, 0.29) is 5.91 Å². The van der Waals surface area contributed by atoms with Crippen molar-refractivity contribution in [1.82, 2.24) is 0 Å². The quantitative estimate of drug-likeness (QED) is 0.790. The van der Waals surface area contributed by atoms with Gasteiger partial charge in [0.2, 0.25) is 0 Å². The van der Waals surface area contributed by atoms with E-state index in [1.807, 2.05) is 60.4 Å². The summed E-state index contributed by atoms with van der Waals surface area (Å²) in [6.07, 6.45) is 2.10. The fraction of sp³-hybridized carbons (Fsp3) is 0.278. The summed E-state index contributed by atoms with van der Waals surface area (Å²) in [5.41, 5.74) is 2.94. The first-order valence-electron chi connectivity index (χ1n) is 7.22. The molecule has 0 spiro atoms. The lowest BCUT2D eigenvalue weighted by Gasteiger charge is -2.21. The van der Waals surface area contributed by atoms with Gasteiger partial charge in [-0.15, -0.1) is 0 Å².